The van der Waals surface area contributed by atoms with Gasteiger partial charge in [-0.05, 0) is 5.56 Å². The maximum absolute atomic E-state index is 12.1. The Bertz CT molecular complexity index is 676. The highest BCUT2D eigenvalue weighted by Gasteiger charge is 2.43. The standard InChI is InChI=1S/C17H19NO5/c1-21-12-9-13(22-2)15(14(10-12)23-3)17(20,16(18)19)11-7-5-4-6-8-11/h4-10,20H,1-3H3,(H2,18,19). The number of hydrogen-bond acceptors (Lipinski definition) is 5. The van der Waals surface area contributed by atoms with Crippen molar-refractivity contribution in [3.8, 4) is 17.2 Å². The molecule has 0 aliphatic heterocycles. The third-order valence-corrected chi connectivity index (χ3v) is 3.62. The van der Waals surface area contributed by atoms with Crippen molar-refractivity contribution in [3.05, 3.63) is 53.6 Å². The lowest BCUT2D eigenvalue weighted by Crippen LogP contribution is -2.42. The predicted molar refractivity (Wildman–Crippen MR) is 84.7 cm³/mol. The zero-order chi connectivity index (χ0) is 17.0. The van der Waals surface area contributed by atoms with E-state index in [2.05, 4.69) is 0 Å². The first-order valence-corrected chi connectivity index (χ1v) is 6.87. The van der Waals surface area contributed by atoms with Crippen molar-refractivity contribution in [1.82, 2.24) is 0 Å². The van der Waals surface area contributed by atoms with Crippen LogP contribution < -0.4 is 19.9 Å². The van der Waals surface area contributed by atoms with E-state index >= 15 is 0 Å². The Kier molecular flexibility index (Phi) is 4.76. The van der Waals surface area contributed by atoms with Crippen LogP contribution in [-0.4, -0.2) is 32.3 Å². The molecule has 2 aromatic carbocycles. The van der Waals surface area contributed by atoms with E-state index in [4.69, 9.17) is 19.9 Å². The summed E-state index contributed by atoms with van der Waals surface area (Å²) in [5.41, 5.74) is 3.86. The number of methoxy groups -OCH3 is 3. The number of carbonyl (C=O) groups is 1. The number of benzene rings is 2. The van der Waals surface area contributed by atoms with E-state index in [0.29, 0.717) is 11.3 Å². The molecule has 0 aliphatic rings. The molecule has 23 heavy (non-hydrogen) atoms. The second-order valence-corrected chi connectivity index (χ2v) is 4.85. The highest BCUT2D eigenvalue weighted by atomic mass is 16.5. The summed E-state index contributed by atoms with van der Waals surface area (Å²) in [6, 6.07) is 11.5. The average molecular weight is 317 g/mol. The lowest BCUT2D eigenvalue weighted by Gasteiger charge is -2.29. The van der Waals surface area contributed by atoms with Gasteiger partial charge in [0.25, 0.3) is 5.91 Å². The fourth-order valence-corrected chi connectivity index (χ4v) is 2.45. The number of rotatable bonds is 6. The molecule has 0 heterocycles. The Hall–Kier alpha value is -2.73. The van der Waals surface area contributed by atoms with Gasteiger partial charge in [0.2, 0.25) is 5.60 Å². The van der Waals surface area contributed by atoms with Crippen LogP contribution in [0.3, 0.4) is 0 Å². The number of aliphatic hydroxyl groups is 1. The molecular formula is C17H19NO5. The molecule has 0 radical (unpaired) electrons. The number of hydrogen-bond donors (Lipinski definition) is 2. The first kappa shape index (κ1) is 16.6. The van der Waals surface area contributed by atoms with Crippen molar-refractivity contribution in [2.75, 3.05) is 21.3 Å². The molecule has 2 rings (SSSR count). The summed E-state index contributed by atoms with van der Waals surface area (Å²) in [6.45, 7) is 0. The normalized spacial score (nSPS) is 13.0. The highest BCUT2D eigenvalue weighted by Crippen LogP contribution is 2.44. The Morgan fingerprint density at radius 3 is 1.91 bits per heavy atom. The Morgan fingerprint density at radius 1 is 1.00 bits per heavy atom. The van der Waals surface area contributed by atoms with Crippen LogP contribution in [0.15, 0.2) is 42.5 Å². The molecule has 1 atom stereocenters. The molecule has 0 saturated carbocycles. The Labute approximate surface area is 134 Å². The summed E-state index contributed by atoms with van der Waals surface area (Å²) in [7, 11) is 4.33. The van der Waals surface area contributed by atoms with Gasteiger partial charge in [-0.3, -0.25) is 4.79 Å². The van der Waals surface area contributed by atoms with Gasteiger partial charge in [-0.1, -0.05) is 30.3 Å². The first-order valence-electron chi connectivity index (χ1n) is 6.87. The van der Waals surface area contributed by atoms with Crippen LogP contribution in [0.4, 0.5) is 0 Å². The molecule has 0 aliphatic carbocycles. The molecule has 3 N–H and O–H groups in total. The molecule has 0 bridgehead atoms. The van der Waals surface area contributed by atoms with Crippen LogP contribution >= 0.6 is 0 Å². The van der Waals surface area contributed by atoms with E-state index in [1.165, 1.54) is 21.3 Å². The summed E-state index contributed by atoms with van der Waals surface area (Å²) < 4.78 is 15.8. The minimum absolute atomic E-state index is 0.127. The van der Waals surface area contributed by atoms with Crippen LogP contribution in [0, 0.1) is 0 Å². The second kappa shape index (κ2) is 6.58. The smallest absolute Gasteiger partial charge is 0.259 e. The molecule has 0 spiro atoms. The molecule has 1 unspecified atom stereocenters. The fraction of sp³-hybridized carbons (Fsp3) is 0.235. The van der Waals surface area contributed by atoms with Gasteiger partial charge >= 0.3 is 0 Å². The molecule has 122 valence electrons. The van der Waals surface area contributed by atoms with Crippen molar-refractivity contribution in [2.45, 2.75) is 5.60 Å². The zero-order valence-corrected chi connectivity index (χ0v) is 13.2. The van der Waals surface area contributed by atoms with Crippen LogP contribution in [-0.2, 0) is 10.4 Å². The summed E-state index contributed by atoms with van der Waals surface area (Å²) in [4.78, 5) is 12.1. The van der Waals surface area contributed by atoms with Crippen LogP contribution in [0.5, 0.6) is 17.2 Å². The molecule has 1 amide bonds. The van der Waals surface area contributed by atoms with Crippen molar-refractivity contribution in [3.63, 3.8) is 0 Å². The minimum atomic E-state index is -2.11. The molecule has 6 nitrogen and oxygen atoms in total. The molecule has 0 aromatic heterocycles. The summed E-state index contributed by atoms with van der Waals surface area (Å²) in [6.07, 6.45) is 0. The molecule has 2 aromatic rings. The van der Waals surface area contributed by atoms with Crippen LogP contribution in [0.25, 0.3) is 0 Å². The Morgan fingerprint density at radius 2 is 1.52 bits per heavy atom. The van der Waals surface area contributed by atoms with E-state index in [-0.39, 0.29) is 17.1 Å². The van der Waals surface area contributed by atoms with Crippen molar-refractivity contribution < 1.29 is 24.1 Å². The number of ether oxygens (including phenoxy) is 3. The number of nitrogens with two attached hydrogens (primary N) is 1. The largest absolute Gasteiger partial charge is 0.496 e. The van der Waals surface area contributed by atoms with E-state index in [1.807, 2.05) is 0 Å². The van der Waals surface area contributed by atoms with Gasteiger partial charge in [-0.15, -0.1) is 0 Å². The highest BCUT2D eigenvalue weighted by molar-refractivity contribution is 5.90. The summed E-state index contributed by atoms with van der Waals surface area (Å²) >= 11 is 0. The van der Waals surface area contributed by atoms with Gasteiger partial charge in [-0.25, -0.2) is 0 Å². The van der Waals surface area contributed by atoms with Gasteiger partial charge in [0.15, 0.2) is 0 Å². The van der Waals surface area contributed by atoms with E-state index in [0.717, 1.165) is 0 Å². The maximum atomic E-state index is 12.1. The SMILES string of the molecule is COc1cc(OC)c(C(O)(C(N)=O)c2ccccc2)c(OC)c1. The first-order chi connectivity index (χ1) is 11.0. The average Bonchev–Trinajstić information content (AvgIpc) is 2.60. The van der Waals surface area contributed by atoms with E-state index in [1.54, 1.807) is 42.5 Å². The van der Waals surface area contributed by atoms with E-state index < -0.39 is 11.5 Å². The summed E-state index contributed by atoms with van der Waals surface area (Å²) in [5, 5.41) is 11.1. The van der Waals surface area contributed by atoms with Crippen molar-refractivity contribution in [1.29, 1.82) is 0 Å². The number of primary amides is 1. The lowest BCUT2D eigenvalue weighted by molar-refractivity contribution is -0.133. The molecule has 6 heteroatoms. The topological polar surface area (TPSA) is 91.0 Å². The second-order valence-electron chi connectivity index (χ2n) is 4.85. The van der Waals surface area contributed by atoms with Gasteiger partial charge < -0.3 is 25.1 Å². The molecule has 0 saturated heterocycles. The summed E-state index contributed by atoms with van der Waals surface area (Å²) in [5.74, 6) is -0.0227. The van der Waals surface area contributed by atoms with Crippen LogP contribution in [0.2, 0.25) is 0 Å². The van der Waals surface area contributed by atoms with Gasteiger partial charge in [0.1, 0.15) is 17.2 Å². The van der Waals surface area contributed by atoms with E-state index in [9.17, 15) is 9.90 Å². The lowest BCUT2D eigenvalue weighted by atomic mass is 9.84. The fourth-order valence-electron chi connectivity index (χ4n) is 2.45. The zero-order valence-electron chi connectivity index (χ0n) is 13.2. The molecular weight excluding hydrogens is 298 g/mol. The van der Waals surface area contributed by atoms with Crippen LogP contribution in [0.1, 0.15) is 11.1 Å². The number of carbonyl (C=O) groups excluding carboxylic acids is 1. The monoisotopic (exact) mass is 317 g/mol. The maximum Gasteiger partial charge on any atom is 0.259 e. The van der Waals surface area contributed by atoms with Crippen molar-refractivity contribution in [2.24, 2.45) is 5.73 Å². The predicted octanol–water partition coefficient (Wildman–Crippen LogP) is 1.43. The third-order valence-electron chi connectivity index (χ3n) is 3.62. The van der Waals surface area contributed by atoms with Gasteiger partial charge in [0, 0.05) is 12.1 Å². The Balaban J connectivity index is 2.81. The minimum Gasteiger partial charge on any atom is -0.496 e. The quantitative estimate of drug-likeness (QED) is 0.841. The van der Waals surface area contributed by atoms with Gasteiger partial charge in [-0.2, -0.15) is 0 Å². The number of amides is 1. The van der Waals surface area contributed by atoms with Crippen molar-refractivity contribution >= 4 is 5.91 Å². The third kappa shape index (κ3) is 2.80. The molecule has 0 fully saturated rings. The van der Waals surface area contributed by atoms with Gasteiger partial charge in [0.05, 0.1) is 26.9 Å².